The second kappa shape index (κ2) is 9.50. The molecule has 29 heavy (non-hydrogen) atoms. The van der Waals surface area contributed by atoms with E-state index in [9.17, 15) is 14.3 Å². The summed E-state index contributed by atoms with van der Waals surface area (Å²) in [6, 6.07) is 11.4. The van der Waals surface area contributed by atoms with Crippen molar-refractivity contribution in [1.29, 1.82) is 0 Å². The molecule has 0 radical (unpaired) electrons. The molecule has 2 aromatic carbocycles. The maximum atomic E-state index is 13.2. The molecule has 0 aromatic heterocycles. The molecule has 0 bridgehead atoms. The Morgan fingerprint density at radius 3 is 2.66 bits per heavy atom. The van der Waals surface area contributed by atoms with Crippen molar-refractivity contribution in [2.24, 2.45) is 0 Å². The second-order valence-electron chi connectivity index (χ2n) is 7.53. The molecular weight excluding hydrogens is 391 g/mol. The molecule has 1 saturated heterocycles. The van der Waals surface area contributed by atoms with Gasteiger partial charge in [0.05, 0.1) is 13.2 Å². The minimum atomic E-state index is -0.281. The standard InChI is InChI=1S/C22H27FN2O3S/c1-14(2)24-22(27)20-11-19(29-18-8-5-16(23)6-9-18)13-25(20)12-15-4-7-17(28-3)10-21(15)26/h4-10,14,19-20,26H,11-13H2,1-3H3,(H,24,27)/t19-,20+/m1/s1. The first-order chi connectivity index (χ1) is 13.9. The number of carbonyl (C=O) groups is 1. The fourth-order valence-corrected chi connectivity index (χ4v) is 4.73. The van der Waals surface area contributed by atoms with Gasteiger partial charge in [-0.05, 0) is 50.6 Å². The zero-order valence-electron chi connectivity index (χ0n) is 16.9. The van der Waals surface area contributed by atoms with Gasteiger partial charge in [0, 0.05) is 40.9 Å². The van der Waals surface area contributed by atoms with Crippen LogP contribution in [0, 0.1) is 5.82 Å². The fourth-order valence-electron chi connectivity index (χ4n) is 3.50. The van der Waals surface area contributed by atoms with Crippen LogP contribution in [-0.2, 0) is 11.3 Å². The van der Waals surface area contributed by atoms with E-state index in [1.54, 1.807) is 43.1 Å². The van der Waals surface area contributed by atoms with Gasteiger partial charge < -0.3 is 15.2 Å². The predicted molar refractivity (Wildman–Crippen MR) is 113 cm³/mol. The Labute approximate surface area is 175 Å². The molecular formula is C22H27FN2O3S. The molecule has 5 nitrogen and oxygen atoms in total. The summed E-state index contributed by atoms with van der Waals surface area (Å²) >= 11 is 1.65. The molecule has 2 atom stereocenters. The molecule has 2 N–H and O–H groups in total. The van der Waals surface area contributed by atoms with Gasteiger partial charge in [-0.2, -0.15) is 0 Å². The number of halogens is 1. The third-order valence-corrected chi connectivity index (χ3v) is 6.10. The molecule has 1 aliphatic rings. The molecule has 1 fully saturated rings. The van der Waals surface area contributed by atoms with Crippen LogP contribution < -0.4 is 10.1 Å². The van der Waals surface area contributed by atoms with Crippen LogP contribution in [0.25, 0.3) is 0 Å². The van der Waals surface area contributed by atoms with E-state index in [0.717, 1.165) is 10.5 Å². The number of carbonyl (C=O) groups excluding carboxylic acids is 1. The number of benzene rings is 2. The zero-order valence-corrected chi connectivity index (χ0v) is 17.7. The molecule has 2 aromatic rings. The minimum absolute atomic E-state index is 0.00444. The predicted octanol–water partition coefficient (Wildman–Crippen LogP) is 3.80. The molecule has 1 heterocycles. The molecule has 0 saturated carbocycles. The molecule has 1 aliphatic heterocycles. The van der Waals surface area contributed by atoms with Crippen LogP contribution in [0.3, 0.4) is 0 Å². The van der Waals surface area contributed by atoms with Crippen LogP contribution in [0.5, 0.6) is 11.5 Å². The number of likely N-dealkylation sites (tertiary alicyclic amines) is 1. The summed E-state index contributed by atoms with van der Waals surface area (Å²) < 4.78 is 18.3. The number of rotatable bonds is 7. The van der Waals surface area contributed by atoms with Gasteiger partial charge in [0.25, 0.3) is 0 Å². The first kappa shape index (κ1) is 21.5. The summed E-state index contributed by atoms with van der Waals surface area (Å²) in [5, 5.41) is 13.5. The average molecular weight is 419 g/mol. The van der Waals surface area contributed by atoms with Crippen LogP contribution in [0.2, 0.25) is 0 Å². The first-order valence-corrected chi connectivity index (χ1v) is 10.6. The number of phenols is 1. The van der Waals surface area contributed by atoms with Gasteiger partial charge >= 0.3 is 0 Å². The second-order valence-corrected chi connectivity index (χ2v) is 8.91. The number of phenolic OH excluding ortho intramolecular Hbond substituents is 1. The van der Waals surface area contributed by atoms with E-state index in [2.05, 4.69) is 10.2 Å². The summed E-state index contributed by atoms with van der Waals surface area (Å²) in [6.07, 6.45) is 0.692. The van der Waals surface area contributed by atoms with Crippen molar-refractivity contribution in [3.8, 4) is 11.5 Å². The Hall–Kier alpha value is -2.25. The van der Waals surface area contributed by atoms with Crippen molar-refractivity contribution in [2.75, 3.05) is 13.7 Å². The maximum Gasteiger partial charge on any atom is 0.237 e. The van der Waals surface area contributed by atoms with Crippen LogP contribution >= 0.6 is 11.8 Å². The summed E-state index contributed by atoms with van der Waals surface area (Å²) in [6.45, 7) is 5.05. The van der Waals surface area contributed by atoms with Gasteiger partial charge in [-0.25, -0.2) is 4.39 Å². The van der Waals surface area contributed by atoms with Crippen LogP contribution in [0.4, 0.5) is 4.39 Å². The molecule has 3 rings (SSSR count). The Balaban J connectivity index is 1.75. The molecule has 156 valence electrons. The normalized spacial score (nSPS) is 19.5. The van der Waals surface area contributed by atoms with Crippen molar-refractivity contribution in [2.45, 2.75) is 49.0 Å². The smallest absolute Gasteiger partial charge is 0.237 e. The summed E-state index contributed by atoms with van der Waals surface area (Å²) in [5.74, 6) is 0.482. The summed E-state index contributed by atoms with van der Waals surface area (Å²) in [4.78, 5) is 15.9. The number of amides is 1. The maximum absolute atomic E-state index is 13.2. The number of hydrogen-bond donors (Lipinski definition) is 2. The SMILES string of the molecule is COc1ccc(CN2C[C@H](Sc3ccc(F)cc3)C[C@H]2C(=O)NC(C)C)c(O)c1. The monoisotopic (exact) mass is 418 g/mol. The van der Waals surface area contributed by atoms with Crippen molar-refractivity contribution >= 4 is 17.7 Å². The summed E-state index contributed by atoms with van der Waals surface area (Å²) in [7, 11) is 1.55. The van der Waals surface area contributed by atoms with E-state index in [-0.39, 0.29) is 34.8 Å². The van der Waals surface area contributed by atoms with Crippen LogP contribution in [-0.4, -0.2) is 46.9 Å². The molecule has 0 aliphatic carbocycles. The van der Waals surface area contributed by atoms with E-state index in [0.29, 0.717) is 25.3 Å². The van der Waals surface area contributed by atoms with Gasteiger partial charge in [-0.3, -0.25) is 9.69 Å². The number of thioether (sulfide) groups is 1. The topological polar surface area (TPSA) is 61.8 Å². The fraction of sp³-hybridized carbons (Fsp3) is 0.409. The van der Waals surface area contributed by atoms with Crippen molar-refractivity contribution in [1.82, 2.24) is 10.2 Å². The van der Waals surface area contributed by atoms with Gasteiger partial charge in [0.2, 0.25) is 5.91 Å². The van der Waals surface area contributed by atoms with Gasteiger partial charge in [0.1, 0.15) is 17.3 Å². The lowest BCUT2D eigenvalue weighted by molar-refractivity contribution is -0.126. The van der Waals surface area contributed by atoms with Gasteiger partial charge in [-0.15, -0.1) is 11.8 Å². The largest absolute Gasteiger partial charge is 0.507 e. The lowest BCUT2D eigenvalue weighted by Gasteiger charge is -2.25. The van der Waals surface area contributed by atoms with E-state index in [1.807, 2.05) is 19.9 Å². The van der Waals surface area contributed by atoms with Gasteiger partial charge in [-0.1, -0.05) is 6.07 Å². The molecule has 0 unspecified atom stereocenters. The molecule has 7 heteroatoms. The van der Waals surface area contributed by atoms with Crippen LogP contribution in [0.15, 0.2) is 47.4 Å². The number of ether oxygens (including phenoxy) is 1. The van der Waals surface area contributed by atoms with Gasteiger partial charge in [0.15, 0.2) is 0 Å². The number of nitrogens with zero attached hydrogens (tertiary/aromatic N) is 1. The van der Waals surface area contributed by atoms with Crippen molar-refractivity contribution in [3.05, 3.63) is 53.8 Å². The van der Waals surface area contributed by atoms with Crippen molar-refractivity contribution in [3.63, 3.8) is 0 Å². The Morgan fingerprint density at radius 2 is 2.03 bits per heavy atom. The Kier molecular flexibility index (Phi) is 7.03. The molecule has 0 spiro atoms. The summed E-state index contributed by atoms with van der Waals surface area (Å²) in [5.41, 5.74) is 0.751. The van der Waals surface area contributed by atoms with E-state index >= 15 is 0 Å². The minimum Gasteiger partial charge on any atom is -0.507 e. The number of aromatic hydroxyl groups is 1. The van der Waals surface area contributed by atoms with E-state index in [1.165, 1.54) is 12.1 Å². The third-order valence-electron chi connectivity index (χ3n) is 4.88. The quantitative estimate of drug-likeness (QED) is 0.716. The lowest BCUT2D eigenvalue weighted by atomic mass is 10.1. The number of methoxy groups -OCH3 is 1. The molecule has 1 amide bonds. The highest BCUT2D eigenvalue weighted by atomic mass is 32.2. The van der Waals surface area contributed by atoms with E-state index in [4.69, 9.17) is 4.74 Å². The highest BCUT2D eigenvalue weighted by Crippen LogP contribution is 2.35. The average Bonchev–Trinajstić information content (AvgIpc) is 3.07. The number of hydrogen-bond acceptors (Lipinski definition) is 5. The number of nitrogens with one attached hydrogen (secondary N) is 1. The van der Waals surface area contributed by atoms with E-state index < -0.39 is 0 Å². The first-order valence-electron chi connectivity index (χ1n) is 9.68. The Morgan fingerprint density at radius 1 is 1.31 bits per heavy atom. The third kappa shape index (κ3) is 5.64. The van der Waals surface area contributed by atoms with Crippen molar-refractivity contribution < 1.29 is 19.0 Å². The van der Waals surface area contributed by atoms with Crippen LogP contribution in [0.1, 0.15) is 25.8 Å². The lowest BCUT2D eigenvalue weighted by Crippen LogP contribution is -2.45. The Bertz CT molecular complexity index is 844. The highest BCUT2D eigenvalue weighted by Gasteiger charge is 2.37. The highest BCUT2D eigenvalue weighted by molar-refractivity contribution is 8.00. The zero-order chi connectivity index (χ0) is 21.0.